The number of nitrogens with zero attached hydrogens (tertiary/aromatic N) is 2. The molecule has 2 aromatic rings. The molecule has 0 unspecified atom stereocenters. The van der Waals surface area contributed by atoms with Crippen molar-refractivity contribution in [3.63, 3.8) is 0 Å². The van der Waals surface area contributed by atoms with Crippen molar-refractivity contribution in [2.24, 2.45) is 0 Å². The van der Waals surface area contributed by atoms with Gasteiger partial charge in [0.15, 0.2) is 0 Å². The molecule has 5 nitrogen and oxygen atoms in total. The Balaban J connectivity index is 1.62. The van der Waals surface area contributed by atoms with Crippen LogP contribution in [0.3, 0.4) is 0 Å². The maximum absolute atomic E-state index is 5.85. The lowest BCUT2D eigenvalue weighted by Gasteiger charge is -2.26. The molecule has 2 heterocycles. The highest BCUT2D eigenvalue weighted by Crippen LogP contribution is 2.26. The first-order valence-corrected chi connectivity index (χ1v) is 7.22. The first-order chi connectivity index (χ1) is 10.4. The van der Waals surface area contributed by atoms with Crippen molar-refractivity contribution in [2.45, 2.75) is 0 Å². The first kappa shape index (κ1) is 14.1. The summed E-state index contributed by atoms with van der Waals surface area (Å²) < 4.78 is 16.4. The van der Waals surface area contributed by atoms with Gasteiger partial charge < -0.3 is 14.2 Å². The molecule has 1 aromatic carbocycles. The summed E-state index contributed by atoms with van der Waals surface area (Å²) in [6.07, 6.45) is 1.75. The SMILES string of the molecule is COc1nccc2cc(OCCN3CCOCC3)ccc12. The lowest BCUT2D eigenvalue weighted by Crippen LogP contribution is -2.38. The number of benzene rings is 1. The minimum atomic E-state index is 0.646. The number of aromatic nitrogens is 1. The quantitative estimate of drug-likeness (QED) is 0.841. The van der Waals surface area contributed by atoms with Crippen molar-refractivity contribution >= 4 is 10.8 Å². The molecule has 21 heavy (non-hydrogen) atoms. The van der Waals surface area contributed by atoms with E-state index in [9.17, 15) is 0 Å². The normalized spacial score (nSPS) is 16.0. The molecule has 112 valence electrons. The van der Waals surface area contributed by atoms with E-state index in [1.165, 1.54) is 0 Å². The van der Waals surface area contributed by atoms with Crippen molar-refractivity contribution in [2.75, 3.05) is 46.6 Å². The Morgan fingerprint density at radius 1 is 1.24 bits per heavy atom. The lowest BCUT2D eigenvalue weighted by atomic mass is 10.1. The zero-order valence-electron chi connectivity index (χ0n) is 12.2. The van der Waals surface area contributed by atoms with Crippen molar-refractivity contribution in [3.8, 4) is 11.6 Å². The van der Waals surface area contributed by atoms with Crippen molar-refractivity contribution in [1.29, 1.82) is 0 Å². The Kier molecular flexibility index (Phi) is 4.52. The molecular weight excluding hydrogens is 268 g/mol. The molecule has 0 bridgehead atoms. The lowest BCUT2D eigenvalue weighted by molar-refractivity contribution is 0.0322. The molecule has 0 N–H and O–H groups in total. The van der Waals surface area contributed by atoms with Gasteiger partial charge in [0.2, 0.25) is 5.88 Å². The fourth-order valence-corrected chi connectivity index (χ4v) is 2.50. The van der Waals surface area contributed by atoms with Gasteiger partial charge in [-0.25, -0.2) is 4.98 Å². The van der Waals surface area contributed by atoms with Crippen molar-refractivity contribution in [3.05, 3.63) is 30.5 Å². The topological polar surface area (TPSA) is 43.8 Å². The molecule has 1 saturated heterocycles. The summed E-state index contributed by atoms with van der Waals surface area (Å²) in [5.41, 5.74) is 0. The number of hydrogen-bond acceptors (Lipinski definition) is 5. The number of pyridine rings is 1. The van der Waals surface area contributed by atoms with Crippen LogP contribution >= 0.6 is 0 Å². The van der Waals surface area contributed by atoms with Crippen LogP contribution in [-0.2, 0) is 4.74 Å². The molecule has 1 aromatic heterocycles. The predicted molar refractivity (Wildman–Crippen MR) is 81.0 cm³/mol. The van der Waals surface area contributed by atoms with Crippen LogP contribution in [0.4, 0.5) is 0 Å². The molecule has 0 aliphatic carbocycles. The van der Waals surface area contributed by atoms with E-state index in [1.807, 2.05) is 24.3 Å². The minimum absolute atomic E-state index is 0.646. The molecular formula is C16H20N2O3. The maximum Gasteiger partial charge on any atom is 0.221 e. The van der Waals surface area contributed by atoms with Gasteiger partial charge in [0.1, 0.15) is 12.4 Å². The van der Waals surface area contributed by atoms with Gasteiger partial charge in [-0.1, -0.05) is 0 Å². The first-order valence-electron chi connectivity index (χ1n) is 7.22. The average molecular weight is 288 g/mol. The van der Waals surface area contributed by atoms with Gasteiger partial charge >= 0.3 is 0 Å². The standard InChI is InChI=1S/C16H20N2O3/c1-19-16-15-3-2-14(12-13(15)4-5-17-16)21-11-8-18-6-9-20-10-7-18/h2-5,12H,6-11H2,1H3. The monoisotopic (exact) mass is 288 g/mol. The second-order valence-corrected chi connectivity index (χ2v) is 5.01. The van der Waals surface area contributed by atoms with E-state index in [0.717, 1.165) is 49.4 Å². The largest absolute Gasteiger partial charge is 0.492 e. The van der Waals surface area contributed by atoms with Crippen LogP contribution in [0, 0.1) is 0 Å². The molecule has 5 heteroatoms. The molecule has 0 spiro atoms. The van der Waals surface area contributed by atoms with Crippen LogP contribution in [0.1, 0.15) is 0 Å². The summed E-state index contributed by atoms with van der Waals surface area (Å²) in [7, 11) is 1.63. The van der Waals surface area contributed by atoms with Crippen LogP contribution in [0.25, 0.3) is 10.8 Å². The third-order valence-electron chi connectivity index (χ3n) is 3.67. The Bertz CT molecular complexity index is 597. The maximum atomic E-state index is 5.85. The van der Waals surface area contributed by atoms with Gasteiger partial charge in [-0.2, -0.15) is 0 Å². The smallest absolute Gasteiger partial charge is 0.221 e. The molecule has 1 aliphatic rings. The molecule has 0 radical (unpaired) electrons. The molecule has 1 fully saturated rings. The highest BCUT2D eigenvalue weighted by Gasteiger charge is 2.10. The van der Waals surface area contributed by atoms with E-state index in [4.69, 9.17) is 14.2 Å². The van der Waals surface area contributed by atoms with Gasteiger partial charge in [0.25, 0.3) is 0 Å². The van der Waals surface area contributed by atoms with E-state index >= 15 is 0 Å². The zero-order chi connectivity index (χ0) is 14.5. The summed E-state index contributed by atoms with van der Waals surface area (Å²) in [5, 5.41) is 2.08. The average Bonchev–Trinajstić information content (AvgIpc) is 2.55. The number of morpholine rings is 1. The van der Waals surface area contributed by atoms with Gasteiger partial charge in [-0.3, -0.25) is 4.90 Å². The molecule has 1 aliphatic heterocycles. The van der Waals surface area contributed by atoms with Crippen molar-refractivity contribution in [1.82, 2.24) is 9.88 Å². The van der Waals surface area contributed by atoms with Crippen LogP contribution < -0.4 is 9.47 Å². The van der Waals surface area contributed by atoms with Gasteiger partial charge in [-0.15, -0.1) is 0 Å². The van der Waals surface area contributed by atoms with E-state index in [0.29, 0.717) is 12.5 Å². The van der Waals surface area contributed by atoms with Crippen LogP contribution in [0.2, 0.25) is 0 Å². The van der Waals surface area contributed by atoms with E-state index in [-0.39, 0.29) is 0 Å². The third-order valence-corrected chi connectivity index (χ3v) is 3.67. The van der Waals surface area contributed by atoms with Crippen molar-refractivity contribution < 1.29 is 14.2 Å². The Morgan fingerprint density at radius 2 is 2.10 bits per heavy atom. The Morgan fingerprint density at radius 3 is 2.90 bits per heavy atom. The highest BCUT2D eigenvalue weighted by molar-refractivity contribution is 5.87. The van der Waals surface area contributed by atoms with E-state index < -0.39 is 0 Å². The number of fused-ring (bicyclic) bond motifs is 1. The Labute approximate surface area is 124 Å². The second-order valence-electron chi connectivity index (χ2n) is 5.01. The van der Waals surface area contributed by atoms with Gasteiger partial charge in [-0.05, 0) is 29.7 Å². The molecule has 0 amide bonds. The van der Waals surface area contributed by atoms with E-state index in [2.05, 4.69) is 9.88 Å². The van der Waals surface area contributed by atoms with Crippen LogP contribution in [-0.4, -0.2) is 56.4 Å². The second kappa shape index (κ2) is 6.74. The number of hydrogen-bond donors (Lipinski definition) is 0. The minimum Gasteiger partial charge on any atom is -0.492 e. The highest BCUT2D eigenvalue weighted by atomic mass is 16.5. The Hall–Kier alpha value is -1.85. The van der Waals surface area contributed by atoms with Crippen LogP contribution in [0.5, 0.6) is 11.6 Å². The van der Waals surface area contributed by atoms with Gasteiger partial charge in [0.05, 0.1) is 20.3 Å². The van der Waals surface area contributed by atoms with Gasteiger partial charge in [0, 0.05) is 31.2 Å². The fraction of sp³-hybridized carbons (Fsp3) is 0.438. The summed E-state index contributed by atoms with van der Waals surface area (Å²) >= 11 is 0. The fourth-order valence-electron chi connectivity index (χ4n) is 2.50. The summed E-state index contributed by atoms with van der Waals surface area (Å²) in [6, 6.07) is 7.95. The number of ether oxygens (including phenoxy) is 3. The number of rotatable bonds is 5. The summed E-state index contributed by atoms with van der Waals surface area (Å²) in [4.78, 5) is 6.56. The van der Waals surface area contributed by atoms with Crippen LogP contribution in [0.15, 0.2) is 30.5 Å². The van der Waals surface area contributed by atoms with E-state index in [1.54, 1.807) is 13.3 Å². The molecule has 3 rings (SSSR count). The molecule has 0 saturated carbocycles. The summed E-state index contributed by atoms with van der Waals surface area (Å²) in [5.74, 6) is 1.52. The number of methoxy groups -OCH3 is 1. The molecule has 0 atom stereocenters. The zero-order valence-corrected chi connectivity index (χ0v) is 12.2. The predicted octanol–water partition coefficient (Wildman–Crippen LogP) is 1.95. The summed E-state index contributed by atoms with van der Waals surface area (Å²) in [6.45, 7) is 5.24. The third kappa shape index (κ3) is 3.43.